The summed E-state index contributed by atoms with van der Waals surface area (Å²) in [5.41, 5.74) is 7.97. The quantitative estimate of drug-likeness (QED) is 0.629. The summed E-state index contributed by atoms with van der Waals surface area (Å²) < 4.78 is 1.84. The number of rotatable bonds is 4. The van der Waals surface area contributed by atoms with Crippen LogP contribution in [-0.4, -0.2) is 19.6 Å². The largest absolute Gasteiger partial charge is 0.319 e. The van der Waals surface area contributed by atoms with Crippen LogP contribution in [0.25, 0.3) is 22.4 Å². The maximum absolute atomic E-state index is 4.48. The van der Waals surface area contributed by atoms with Gasteiger partial charge in [0.25, 0.3) is 0 Å². The summed E-state index contributed by atoms with van der Waals surface area (Å²) in [5.74, 6) is 0. The maximum Gasteiger partial charge on any atom is 0.182 e. The first-order chi connectivity index (χ1) is 11.4. The van der Waals surface area contributed by atoms with Gasteiger partial charge < -0.3 is 5.43 Å². The third-order valence-electron chi connectivity index (χ3n) is 3.68. The molecule has 112 valence electrons. The highest BCUT2D eigenvalue weighted by atomic mass is 15.4. The Kier molecular flexibility index (Phi) is 3.44. The molecule has 0 aliphatic carbocycles. The van der Waals surface area contributed by atoms with Gasteiger partial charge in [-0.2, -0.15) is 0 Å². The zero-order chi connectivity index (χ0) is 15.5. The minimum atomic E-state index is 0.705. The molecule has 23 heavy (non-hydrogen) atoms. The lowest BCUT2D eigenvalue weighted by atomic mass is 10.1. The van der Waals surface area contributed by atoms with E-state index in [1.807, 2.05) is 53.2 Å². The monoisotopic (exact) mass is 301 g/mol. The van der Waals surface area contributed by atoms with Gasteiger partial charge in [-0.25, -0.2) is 19.6 Å². The number of hydrogen-bond donors (Lipinski definition) is 1. The van der Waals surface area contributed by atoms with E-state index in [4.69, 9.17) is 0 Å². The Labute approximate surface area is 133 Å². The van der Waals surface area contributed by atoms with Crippen molar-refractivity contribution in [2.75, 3.05) is 5.43 Å². The van der Waals surface area contributed by atoms with Crippen molar-refractivity contribution in [2.24, 2.45) is 0 Å². The van der Waals surface area contributed by atoms with Crippen LogP contribution in [0.4, 0.5) is 0 Å². The third kappa shape index (κ3) is 2.64. The van der Waals surface area contributed by atoms with Crippen LogP contribution in [0.3, 0.4) is 0 Å². The van der Waals surface area contributed by atoms with Gasteiger partial charge in [-0.05, 0) is 5.56 Å². The van der Waals surface area contributed by atoms with Crippen LogP contribution in [0.15, 0.2) is 73.3 Å². The fourth-order valence-electron chi connectivity index (χ4n) is 2.53. The molecular formula is C18H15N5. The Morgan fingerprint density at radius 1 is 0.826 bits per heavy atom. The van der Waals surface area contributed by atoms with Crippen molar-refractivity contribution in [2.45, 2.75) is 6.54 Å². The second kappa shape index (κ2) is 5.88. The lowest BCUT2D eigenvalue weighted by Crippen LogP contribution is -2.13. The summed E-state index contributed by atoms with van der Waals surface area (Å²) in [4.78, 5) is 13.2. The Morgan fingerprint density at radius 2 is 1.57 bits per heavy atom. The van der Waals surface area contributed by atoms with Crippen molar-refractivity contribution in [3.05, 3.63) is 78.9 Å². The molecule has 0 bridgehead atoms. The van der Waals surface area contributed by atoms with Gasteiger partial charge in [0, 0.05) is 5.56 Å². The Bertz CT molecular complexity index is 916. The highest BCUT2D eigenvalue weighted by Gasteiger charge is 2.11. The molecule has 4 aromatic rings. The summed E-state index contributed by atoms with van der Waals surface area (Å²) in [7, 11) is 0. The summed E-state index contributed by atoms with van der Waals surface area (Å²) in [5, 5.41) is 0. The molecule has 5 nitrogen and oxygen atoms in total. The fourth-order valence-corrected chi connectivity index (χ4v) is 2.53. The van der Waals surface area contributed by atoms with Crippen molar-refractivity contribution in [3.63, 3.8) is 0 Å². The van der Waals surface area contributed by atoms with Crippen molar-refractivity contribution < 1.29 is 0 Å². The summed E-state index contributed by atoms with van der Waals surface area (Å²) >= 11 is 0. The first kappa shape index (κ1) is 13.5. The highest BCUT2D eigenvalue weighted by molar-refractivity contribution is 5.87. The molecule has 0 aliphatic rings. The molecule has 0 saturated heterocycles. The van der Waals surface area contributed by atoms with E-state index >= 15 is 0 Å². The maximum atomic E-state index is 4.48. The smallest absolute Gasteiger partial charge is 0.182 e. The van der Waals surface area contributed by atoms with Gasteiger partial charge in [0.2, 0.25) is 0 Å². The van der Waals surface area contributed by atoms with Crippen LogP contribution in [0.2, 0.25) is 0 Å². The molecule has 0 fully saturated rings. The minimum absolute atomic E-state index is 0.705. The first-order valence-electron chi connectivity index (χ1n) is 7.43. The number of hydrogen-bond acceptors (Lipinski definition) is 4. The van der Waals surface area contributed by atoms with Crippen molar-refractivity contribution in [1.82, 2.24) is 19.6 Å². The second-order valence-electron chi connectivity index (χ2n) is 5.20. The van der Waals surface area contributed by atoms with Crippen LogP contribution >= 0.6 is 0 Å². The molecule has 0 aliphatic heterocycles. The van der Waals surface area contributed by atoms with E-state index in [1.54, 1.807) is 12.7 Å². The summed E-state index contributed by atoms with van der Waals surface area (Å²) in [6.07, 6.45) is 3.32. The molecule has 0 amide bonds. The Balaban J connectivity index is 1.68. The van der Waals surface area contributed by atoms with E-state index in [2.05, 4.69) is 32.5 Å². The number of benzene rings is 2. The number of fused-ring (bicyclic) bond motifs is 1. The SMILES string of the molecule is c1ccc(CNn2cnc3c(-c4ccccc4)ncnc32)cc1. The summed E-state index contributed by atoms with van der Waals surface area (Å²) in [6, 6.07) is 20.3. The van der Waals surface area contributed by atoms with Gasteiger partial charge in [0.05, 0.1) is 6.54 Å². The molecule has 2 aromatic heterocycles. The molecule has 0 saturated carbocycles. The predicted octanol–water partition coefficient (Wildman–Crippen LogP) is 3.24. The van der Waals surface area contributed by atoms with Gasteiger partial charge >= 0.3 is 0 Å². The number of nitrogens with one attached hydrogen (secondary N) is 1. The minimum Gasteiger partial charge on any atom is -0.319 e. The van der Waals surface area contributed by atoms with Gasteiger partial charge in [0.15, 0.2) is 5.65 Å². The second-order valence-corrected chi connectivity index (χ2v) is 5.20. The van der Waals surface area contributed by atoms with Crippen LogP contribution < -0.4 is 5.43 Å². The Hall–Kier alpha value is -3.21. The van der Waals surface area contributed by atoms with Crippen molar-refractivity contribution in [1.29, 1.82) is 0 Å². The van der Waals surface area contributed by atoms with E-state index in [0.717, 1.165) is 22.4 Å². The molecule has 2 heterocycles. The first-order valence-corrected chi connectivity index (χ1v) is 7.43. The molecule has 4 rings (SSSR count). The molecule has 5 heteroatoms. The molecular weight excluding hydrogens is 286 g/mol. The van der Waals surface area contributed by atoms with E-state index in [-0.39, 0.29) is 0 Å². The molecule has 2 aromatic carbocycles. The molecule has 0 radical (unpaired) electrons. The number of aromatic nitrogens is 4. The molecule has 1 N–H and O–H groups in total. The van der Waals surface area contributed by atoms with E-state index in [1.165, 1.54) is 5.56 Å². The van der Waals surface area contributed by atoms with E-state index in [0.29, 0.717) is 6.54 Å². The van der Waals surface area contributed by atoms with Crippen LogP contribution in [0.5, 0.6) is 0 Å². The average molecular weight is 301 g/mol. The van der Waals surface area contributed by atoms with Gasteiger partial charge in [-0.15, -0.1) is 0 Å². The van der Waals surface area contributed by atoms with Crippen LogP contribution in [-0.2, 0) is 6.54 Å². The molecule has 0 unspecified atom stereocenters. The standard InChI is InChI=1S/C18H15N5/c1-3-7-14(8-4-1)11-22-23-13-21-17-16(19-12-20-18(17)23)15-9-5-2-6-10-15/h1-10,12-13,22H,11H2. The number of imidazole rings is 1. The molecule has 0 atom stereocenters. The van der Waals surface area contributed by atoms with E-state index in [9.17, 15) is 0 Å². The molecule has 0 spiro atoms. The third-order valence-corrected chi connectivity index (χ3v) is 3.68. The zero-order valence-electron chi connectivity index (χ0n) is 12.4. The topological polar surface area (TPSA) is 55.6 Å². The van der Waals surface area contributed by atoms with Crippen molar-refractivity contribution in [3.8, 4) is 11.3 Å². The Morgan fingerprint density at radius 3 is 2.35 bits per heavy atom. The lowest BCUT2D eigenvalue weighted by molar-refractivity contribution is 0.851. The summed E-state index contributed by atoms with van der Waals surface area (Å²) in [6.45, 7) is 0.705. The zero-order valence-corrected chi connectivity index (χ0v) is 12.4. The lowest BCUT2D eigenvalue weighted by Gasteiger charge is -2.08. The number of nitrogens with zero attached hydrogens (tertiary/aromatic N) is 4. The van der Waals surface area contributed by atoms with Crippen LogP contribution in [0, 0.1) is 0 Å². The van der Waals surface area contributed by atoms with Gasteiger partial charge in [-0.1, -0.05) is 60.7 Å². The van der Waals surface area contributed by atoms with Crippen LogP contribution in [0.1, 0.15) is 5.56 Å². The predicted molar refractivity (Wildman–Crippen MR) is 90.3 cm³/mol. The van der Waals surface area contributed by atoms with Gasteiger partial charge in [0.1, 0.15) is 23.9 Å². The normalized spacial score (nSPS) is 10.8. The fraction of sp³-hybridized carbons (Fsp3) is 0.0556. The van der Waals surface area contributed by atoms with Gasteiger partial charge in [-0.3, -0.25) is 0 Å². The van der Waals surface area contributed by atoms with Crippen molar-refractivity contribution >= 4 is 11.2 Å². The highest BCUT2D eigenvalue weighted by Crippen LogP contribution is 2.23. The van der Waals surface area contributed by atoms with E-state index < -0.39 is 0 Å². The average Bonchev–Trinajstić information content (AvgIpc) is 3.05.